The molecule has 0 saturated heterocycles. The van der Waals surface area contributed by atoms with E-state index < -0.39 is 5.41 Å². The highest BCUT2D eigenvalue weighted by Gasteiger charge is 2.27. The number of carbonyl (C=O) groups is 1. The lowest BCUT2D eigenvalue weighted by atomic mass is 9.95. The number of aryl methyl sites for hydroxylation is 1. The zero-order valence-electron chi connectivity index (χ0n) is 14.9. The van der Waals surface area contributed by atoms with Gasteiger partial charge in [-0.2, -0.15) is 0 Å². The lowest BCUT2D eigenvalue weighted by Gasteiger charge is -2.21. The molecule has 0 aliphatic heterocycles. The second-order valence-corrected chi connectivity index (χ2v) is 7.92. The van der Waals surface area contributed by atoms with E-state index in [1.807, 2.05) is 30.3 Å². The Morgan fingerprint density at radius 2 is 1.96 bits per heavy atom. The van der Waals surface area contributed by atoms with E-state index in [4.69, 9.17) is 11.6 Å². The molecule has 0 aliphatic carbocycles. The molecule has 0 heterocycles. The number of hydrogen-bond acceptors (Lipinski definition) is 4. The molecule has 5 nitrogen and oxygen atoms in total. The maximum atomic E-state index is 12.4. The largest absolute Gasteiger partial charge is 0.325 e. The lowest BCUT2D eigenvalue weighted by molar-refractivity contribution is -0.385. The van der Waals surface area contributed by atoms with Gasteiger partial charge in [0, 0.05) is 28.2 Å². The molecule has 0 fully saturated rings. The summed E-state index contributed by atoms with van der Waals surface area (Å²) in [7, 11) is 0. The van der Waals surface area contributed by atoms with Crippen LogP contribution in [0.5, 0.6) is 0 Å². The molecule has 7 heteroatoms. The van der Waals surface area contributed by atoms with Crippen LogP contribution in [0.3, 0.4) is 0 Å². The van der Waals surface area contributed by atoms with Crippen molar-refractivity contribution in [3.8, 4) is 0 Å². The minimum Gasteiger partial charge on any atom is -0.325 e. The zero-order chi connectivity index (χ0) is 19.3. The molecular weight excluding hydrogens is 372 g/mol. The molecule has 0 atom stereocenters. The Morgan fingerprint density at radius 1 is 1.27 bits per heavy atom. The molecule has 0 saturated carbocycles. The summed E-state index contributed by atoms with van der Waals surface area (Å²) < 4.78 is 0. The van der Waals surface area contributed by atoms with Gasteiger partial charge < -0.3 is 5.32 Å². The van der Waals surface area contributed by atoms with Gasteiger partial charge in [0.15, 0.2) is 0 Å². The quantitative estimate of drug-likeness (QED) is 0.296. The van der Waals surface area contributed by atoms with Crippen LogP contribution in [-0.4, -0.2) is 16.7 Å². The first-order valence-corrected chi connectivity index (χ1v) is 9.60. The van der Waals surface area contributed by atoms with Crippen molar-refractivity contribution in [2.24, 2.45) is 5.41 Å². The molecule has 2 aromatic rings. The number of nitrogens with zero attached hydrogens (tertiary/aromatic N) is 1. The molecular formula is C19H21ClN2O3S. The second-order valence-electron chi connectivity index (χ2n) is 6.63. The van der Waals surface area contributed by atoms with E-state index in [9.17, 15) is 14.9 Å². The number of benzene rings is 2. The third-order valence-electron chi connectivity index (χ3n) is 3.95. The van der Waals surface area contributed by atoms with E-state index in [1.54, 1.807) is 32.9 Å². The standard InChI is InChI=1S/C19H21ClN2O3S/c1-13-8-9-14(10-16(13)22(24)25)11-26-17-7-5-4-6-15(17)21-18(23)19(2,3)12-20/h4-10H,11-12H2,1-3H3,(H,21,23). The summed E-state index contributed by atoms with van der Waals surface area (Å²) in [6.07, 6.45) is 0. The van der Waals surface area contributed by atoms with Gasteiger partial charge in [-0.05, 0) is 38.5 Å². The van der Waals surface area contributed by atoms with Crippen molar-refractivity contribution < 1.29 is 9.72 Å². The van der Waals surface area contributed by atoms with Gasteiger partial charge in [0.25, 0.3) is 5.69 Å². The van der Waals surface area contributed by atoms with Crippen molar-refractivity contribution in [3.63, 3.8) is 0 Å². The third kappa shape index (κ3) is 4.99. The Morgan fingerprint density at radius 3 is 2.62 bits per heavy atom. The van der Waals surface area contributed by atoms with Crippen molar-refractivity contribution in [2.45, 2.75) is 31.4 Å². The SMILES string of the molecule is Cc1ccc(CSc2ccccc2NC(=O)C(C)(C)CCl)cc1[N+](=O)[O-]. The Kier molecular flexibility index (Phi) is 6.67. The van der Waals surface area contributed by atoms with E-state index in [0.29, 0.717) is 17.0 Å². The first kappa shape index (κ1) is 20.3. The van der Waals surface area contributed by atoms with Crippen LogP contribution in [0.2, 0.25) is 0 Å². The molecule has 2 rings (SSSR count). The molecule has 0 spiro atoms. The van der Waals surface area contributed by atoms with E-state index in [-0.39, 0.29) is 22.4 Å². The highest BCUT2D eigenvalue weighted by molar-refractivity contribution is 7.98. The summed E-state index contributed by atoms with van der Waals surface area (Å²) in [5.74, 6) is 0.639. The number of thioether (sulfide) groups is 1. The van der Waals surface area contributed by atoms with Crippen LogP contribution >= 0.6 is 23.4 Å². The van der Waals surface area contributed by atoms with Gasteiger partial charge in [0.2, 0.25) is 5.91 Å². The van der Waals surface area contributed by atoms with Crippen molar-refractivity contribution in [3.05, 3.63) is 63.7 Å². The fourth-order valence-electron chi connectivity index (χ4n) is 2.15. The average Bonchev–Trinajstić information content (AvgIpc) is 2.61. The predicted octanol–water partition coefficient (Wildman–Crippen LogP) is 5.40. The van der Waals surface area contributed by atoms with Crippen molar-refractivity contribution in [1.29, 1.82) is 0 Å². The smallest absolute Gasteiger partial charge is 0.272 e. The number of nitrogens with one attached hydrogen (secondary N) is 1. The molecule has 0 aliphatic rings. The second kappa shape index (κ2) is 8.56. The summed E-state index contributed by atoms with van der Waals surface area (Å²) in [6.45, 7) is 5.30. The molecule has 0 aromatic heterocycles. The van der Waals surface area contributed by atoms with Gasteiger partial charge in [-0.15, -0.1) is 23.4 Å². The van der Waals surface area contributed by atoms with Gasteiger partial charge in [0.05, 0.1) is 16.0 Å². The van der Waals surface area contributed by atoms with Crippen LogP contribution in [-0.2, 0) is 10.5 Å². The van der Waals surface area contributed by atoms with E-state index in [0.717, 1.165) is 10.5 Å². The Balaban J connectivity index is 2.15. The summed E-state index contributed by atoms with van der Waals surface area (Å²) in [5, 5.41) is 14.0. The lowest BCUT2D eigenvalue weighted by Crippen LogP contribution is -2.32. The number of carbonyl (C=O) groups excluding carboxylic acids is 1. The molecule has 0 bridgehead atoms. The van der Waals surface area contributed by atoms with Crippen molar-refractivity contribution >= 4 is 40.6 Å². The molecule has 1 amide bonds. The highest BCUT2D eigenvalue weighted by atomic mass is 35.5. The molecule has 0 unspecified atom stereocenters. The van der Waals surface area contributed by atoms with Crippen LogP contribution in [0, 0.1) is 22.5 Å². The number of amides is 1. The van der Waals surface area contributed by atoms with Crippen molar-refractivity contribution in [1.82, 2.24) is 0 Å². The molecule has 138 valence electrons. The monoisotopic (exact) mass is 392 g/mol. The van der Waals surface area contributed by atoms with Gasteiger partial charge in [-0.3, -0.25) is 14.9 Å². The number of nitro benzene ring substituents is 1. The first-order chi connectivity index (χ1) is 12.2. The number of anilines is 1. The maximum Gasteiger partial charge on any atom is 0.272 e. The minimum absolute atomic E-state index is 0.119. The predicted molar refractivity (Wildman–Crippen MR) is 107 cm³/mol. The average molecular weight is 393 g/mol. The molecule has 0 radical (unpaired) electrons. The number of nitro groups is 1. The summed E-state index contributed by atoms with van der Waals surface area (Å²) in [6, 6.07) is 12.7. The van der Waals surface area contributed by atoms with Gasteiger partial charge in [-0.25, -0.2) is 0 Å². The number of para-hydroxylation sites is 1. The molecule has 2 aromatic carbocycles. The van der Waals surface area contributed by atoms with Crippen LogP contribution in [0.4, 0.5) is 11.4 Å². The Labute approximate surface area is 162 Å². The van der Waals surface area contributed by atoms with Gasteiger partial charge in [-0.1, -0.05) is 24.3 Å². The fourth-order valence-corrected chi connectivity index (χ4v) is 3.22. The van der Waals surface area contributed by atoms with Gasteiger partial charge in [0.1, 0.15) is 0 Å². The van der Waals surface area contributed by atoms with E-state index >= 15 is 0 Å². The van der Waals surface area contributed by atoms with Crippen LogP contribution in [0.1, 0.15) is 25.0 Å². The number of alkyl halides is 1. The van der Waals surface area contributed by atoms with E-state index in [1.165, 1.54) is 11.8 Å². The fraction of sp³-hybridized carbons (Fsp3) is 0.316. The van der Waals surface area contributed by atoms with E-state index in [2.05, 4.69) is 5.32 Å². The number of rotatable bonds is 7. The van der Waals surface area contributed by atoms with Crippen LogP contribution in [0.15, 0.2) is 47.4 Å². The van der Waals surface area contributed by atoms with Crippen LogP contribution in [0.25, 0.3) is 0 Å². The third-order valence-corrected chi connectivity index (χ3v) is 5.76. The van der Waals surface area contributed by atoms with Gasteiger partial charge >= 0.3 is 0 Å². The van der Waals surface area contributed by atoms with Crippen LogP contribution < -0.4 is 5.32 Å². The topological polar surface area (TPSA) is 72.2 Å². The summed E-state index contributed by atoms with van der Waals surface area (Å²) >= 11 is 7.38. The summed E-state index contributed by atoms with van der Waals surface area (Å²) in [4.78, 5) is 24.0. The minimum atomic E-state index is -0.670. The number of halogens is 1. The normalized spacial score (nSPS) is 11.2. The summed E-state index contributed by atoms with van der Waals surface area (Å²) in [5.41, 5.74) is 1.65. The molecule has 26 heavy (non-hydrogen) atoms. The highest BCUT2D eigenvalue weighted by Crippen LogP contribution is 2.32. The Bertz CT molecular complexity index is 824. The zero-order valence-corrected chi connectivity index (χ0v) is 16.5. The Hall–Kier alpha value is -2.05. The molecule has 1 N–H and O–H groups in total. The van der Waals surface area contributed by atoms with Crippen molar-refractivity contribution in [2.75, 3.05) is 11.2 Å². The maximum absolute atomic E-state index is 12.4. The number of hydrogen-bond donors (Lipinski definition) is 1. The first-order valence-electron chi connectivity index (χ1n) is 8.08.